The van der Waals surface area contributed by atoms with Gasteiger partial charge in [-0.05, 0) is 24.5 Å². The standard InChI is InChI=1S/C14H23N3O2/c1-10-6-5-7-11(17-10)8-15-13(19)16-9-12(18)14(2,3)4/h5-7,12,18H,8-9H2,1-4H3,(H2,15,16,19). The van der Waals surface area contributed by atoms with E-state index in [9.17, 15) is 9.90 Å². The molecule has 0 aliphatic carbocycles. The first-order valence-corrected chi connectivity index (χ1v) is 6.41. The van der Waals surface area contributed by atoms with Crippen molar-refractivity contribution in [2.75, 3.05) is 6.54 Å². The molecule has 1 aromatic heterocycles. The zero-order valence-electron chi connectivity index (χ0n) is 12.0. The van der Waals surface area contributed by atoms with Gasteiger partial charge < -0.3 is 15.7 Å². The second-order valence-electron chi connectivity index (χ2n) is 5.72. The van der Waals surface area contributed by atoms with E-state index in [2.05, 4.69) is 15.6 Å². The fourth-order valence-corrected chi connectivity index (χ4v) is 1.43. The Balaban J connectivity index is 2.33. The first-order chi connectivity index (χ1) is 8.79. The molecule has 0 aromatic carbocycles. The number of urea groups is 1. The molecule has 1 heterocycles. The zero-order chi connectivity index (χ0) is 14.5. The zero-order valence-corrected chi connectivity index (χ0v) is 12.0. The molecule has 5 heteroatoms. The second-order valence-corrected chi connectivity index (χ2v) is 5.72. The number of amides is 2. The summed E-state index contributed by atoms with van der Waals surface area (Å²) in [5.41, 5.74) is 1.49. The van der Waals surface area contributed by atoms with Crippen molar-refractivity contribution in [3.05, 3.63) is 29.6 Å². The highest BCUT2D eigenvalue weighted by molar-refractivity contribution is 5.73. The molecule has 106 valence electrons. The van der Waals surface area contributed by atoms with Crippen molar-refractivity contribution >= 4 is 6.03 Å². The minimum atomic E-state index is -0.574. The summed E-state index contributed by atoms with van der Waals surface area (Å²) in [7, 11) is 0. The maximum atomic E-state index is 11.6. The highest BCUT2D eigenvalue weighted by atomic mass is 16.3. The van der Waals surface area contributed by atoms with Gasteiger partial charge in [0, 0.05) is 12.2 Å². The van der Waals surface area contributed by atoms with E-state index in [0.29, 0.717) is 6.54 Å². The van der Waals surface area contributed by atoms with Crippen LogP contribution >= 0.6 is 0 Å². The quantitative estimate of drug-likeness (QED) is 0.774. The summed E-state index contributed by atoms with van der Waals surface area (Å²) >= 11 is 0. The summed E-state index contributed by atoms with van der Waals surface area (Å²) in [6.07, 6.45) is -0.574. The van der Waals surface area contributed by atoms with Crippen LogP contribution in [0, 0.1) is 12.3 Å². The number of aryl methyl sites for hydroxylation is 1. The van der Waals surface area contributed by atoms with Gasteiger partial charge in [-0.25, -0.2) is 4.79 Å². The van der Waals surface area contributed by atoms with E-state index < -0.39 is 6.10 Å². The normalized spacial score (nSPS) is 12.9. The molecule has 1 unspecified atom stereocenters. The van der Waals surface area contributed by atoms with Crippen molar-refractivity contribution < 1.29 is 9.90 Å². The van der Waals surface area contributed by atoms with Gasteiger partial charge >= 0.3 is 6.03 Å². The van der Waals surface area contributed by atoms with Crippen LogP contribution in [0.25, 0.3) is 0 Å². The minimum absolute atomic E-state index is 0.233. The third-order valence-electron chi connectivity index (χ3n) is 2.83. The van der Waals surface area contributed by atoms with E-state index in [-0.39, 0.29) is 18.0 Å². The molecule has 0 saturated carbocycles. The predicted octanol–water partition coefficient (Wildman–Crippen LogP) is 1.60. The molecule has 0 aliphatic heterocycles. The minimum Gasteiger partial charge on any atom is -0.391 e. The van der Waals surface area contributed by atoms with E-state index in [1.165, 1.54) is 0 Å². The van der Waals surface area contributed by atoms with E-state index in [4.69, 9.17) is 0 Å². The molecule has 0 aliphatic rings. The Kier molecular flexibility index (Phi) is 5.30. The third-order valence-corrected chi connectivity index (χ3v) is 2.83. The first-order valence-electron chi connectivity index (χ1n) is 6.41. The van der Waals surface area contributed by atoms with Gasteiger partial charge in [-0.2, -0.15) is 0 Å². The van der Waals surface area contributed by atoms with Gasteiger partial charge in [0.25, 0.3) is 0 Å². The number of aliphatic hydroxyl groups excluding tert-OH is 1. The first kappa shape index (κ1) is 15.4. The molecule has 1 rings (SSSR count). The number of hydrogen-bond donors (Lipinski definition) is 3. The van der Waals surface area contributed by atoms with Gasteiger partial charge in [0.15, 0.2) is 0 Å². The highest BCUT2D eigenvalue weighted by Gasteiger charge is 2.22. The van der Waals surface area contributed by atoms with Crippen LogP contribution < -0.4 is 10.6 Å². The molecule has 5 nitrogen and oxygen atoms in total. The van der Waals surface area contributed by atoms with Gasteiger partial charge in [-0.3, -0.25) is 4.98 Å². The fraction of sp³-hybridized carbons (Fsp3) is 0.571. The molecule has 1 aromatic rings. The molecular weight excluding hydrogens is 242 g/mol. The Bertz CT molecular complexity index is 427. The van der Waals surface area contributed by atoms with E-state index in [1.807, 2.05) is 45.9 Å². The van der Waals surface area contributed by atoms with Gasteiger partial charge in [-0.15, -0.1) is 0 Å². The largest absolute Gasteiger partial charge is 0.391 e. The summed E-state index contributed by atoms with van der Waals surface area (Å²) < 4.78 is 0. The Morgan fingerprint density at radius 2 is 2.05 bits per heavy atom. The number of aromatic nitrogens is 1. The number of rotatable bonds is 4. The van der Waals surface area contributed by atoms with Crippen molar-refractivity contribution in [2.24, 2.45) is 5.41 Å². The number of nitrogens with one attached hydrogen (secondary N) is 2. The van der Waals surface area contributed by atoms with Crippen LogP contribution in [0.4, 0.5) is 4.79 Å². The molecular formula is C14H23N3O2. The Hall–Kier alpha value is -1.62. The summed E-state index contributed by atoms with van der Waals surface area (Å²) in [5, 5.41) is 15.2. The number of carbonyl (C=O) groups is 1. The number of aliphatic hydroxyl groups is 1. The summed E-state index contributed by atoms with van der Waals surface area (Å²) in [6, 6.07) is 5.37. The molecule has 19 heavy (non-hydrogen) atoms. The fourth-order valence-electron chi connectivity index (χ4n) is 1.43. The van der Waals surface area contributed by atoms with E-state index in [1.54, 1.807) is 0 Å². The number of hydrogen-bond acceptors (Lipinski definition) is 3. The van der Waals surface area contributed by atoms with Crippen LogP contribution in [0.15, 0.2) is 18.2 Å². The molecule has 0 radical (unpaired) electrons. The van der Waals surface area contributed by atoms with Crippen molar-refractivity contribution in [3.63, 3.8) is 0 Å². The van der Waals surface area contributed by atoms with Gasteiger partial charge in [-0.1, -0.05) is 26.8 Å². The Morgan fingerprint density at radius 1 is 1.37 bits per heavy atom. The van der Waals surface area contributed by atoms with Crippen molar-refractivity contribution in [1.82, 2.24) is 15.6 Å². The van der Waals surface area contributed by atoms with Crippen molar-refractivity contribution in [1.29, 1.82) is 0 Å². The second kappa shape index (κ2) is 6.52. The van der Waals surface area contributed by atoms with Crippen LogP contribution in [0.3, 0.4) is 0 Å². The molecule has 3 N–H and O–H groups in total. The lowest BCUT2D eigenvalue weighted by Gasteiger charge is -2.25. The van der Waals surface area contributed by atoms with E-state index >= 15 is 0 Å². The molecule has 0 spiro atoms. The van der Waals surface area contributed by atoms with Gasteiger partial charge in [0.05, 0.1) is 18.3 Å². The maximum Gasteiger partial charge on any atom is 0.315 e. The average molecular weight is 265 g/mol. The average Bonchev–Trinajstić information content (AvgIpc) is 2.32. The van der Waals surface area contributed by atoms with Crippen molar-refractivity contribution in [2.45, 2.75) is 40.3 Å². The monoisotopic (exact) mass is 265 g/mol. The maximum absolute atomic E-state index is 11.6. The van der Waals surface area contributed by atoms with Gasteiger partial charge in [0.2, 0.25) is 0 Å². The Morgan fingerprint density at radius 3 is 2.63 bits per heavy atom. The topological polar surface area (TPSA) is 74.2 Å². The number of pyridine rings is 1. The molecule has 2 amide bonds. The van der Waals surface area contributed by atoms with Crippen LogP contribution in [-0.4, -0.2) is 28.8 Å². The lowest BCUT2D eigenvalue weighted by Crippen LogP contribution is -2.43. The summed E-state index contributed by atoms with van der Waals surface area (Å²) in [5.74, 6) is 0. The lowest BCUT2D eigenvalue weighted by atomic mass is 9.89. The smallest absolute Gasteiger partial charge is 0.315 e. The third kappa shape index (κ3) is 5.70. The van der Waals surface area contributed by atoms with E-state index in [0.717, 1.165) is 11.4 Å². The predicted molar refractivity (Wildman–Crippen MR) is 74.7 cm³/mol. The van der Waals surface area contributed by atoms with Crippen LogP contribution in [0.1, 0.15) is 32.2 Å². The summed E-state index contributed by atoms with van der Waals surface area (Å²) in [4.78, 5) is 15.9. The SMILES string of the molecule is Cc1cccc(CNC(=O)NCC(O)C(C)(C)C)n1. The highest BCUT2D eigenvalue weighted by Crippen LogP contribution is 2.17. The molecule has 0 bridgehead atoms. The summed E-state index contributed by atoms with van der Waals surface area (Å²) in [6.45, 7) is 8.29. The number of nitrogens with zero attached hydrogens (tertiary/aromatic N) is 1. The lowest BCUT2D eigenvalue weighted by molar-refractivity contribution is 0.0650. The van der Waals surface area contributed by atoms with Crippen LogP contribution in [-0.2, 0) is 6.54 Å². The molecule has 0 fully saturated rings. The number of carbonyl (C=O) groups excluding carboxylic acids is 1. The molecule has 1 atom stereocenters. The van der Waals surface area contributed by atoms with Gasteiger partial charge in [0.1, 0.15) is 0 Å². The Labute approximate surface area is 114 Å². The van der Waals surface area contributed by atoms with Crippen molar-refractivity contribution in [3.8, 4) is 0 Å². The van der Waals surface area contributed by atoms with Crippen LogP contribution in [0.5, 0.6) is 0 Å². The molecule has 0 saturated heterocycles. The van der Waals surface area contributed by atoms with Crippen LogP contribution in [0.2, 0.25) is 0 Å².